The van der Waals surface area contributed by atoms with Crippen LogP contribution in [0.5, 0.6) is 5.75 Å². The smallest absolute Gasteiger partial charge is 0.222 e. The summed E-state index contributed by atoms with van der Waals surface area (Å²) in [5, 5.41) is 3.13. The van der Waals surface area contributed by atoms with E-state index in [1.165, 1.54) is 6.07 Å². The Kier molecular flexibility index (Phi) is 5.99. The van der Waals surface area contributed by atoms with E-state index in [0.717, 1.165) is 25.9 Å². The number of amides is 1. The quantitative estimate of drug-likeness (QED) is 0.784. The van der Waals surface area contributed by atoms with Crippen LogP contribution in [-0.2, 0) is 4.79 Å². The monoisotopic (exact) mass is 294 g/mol. The van der Waals surface area contributed by atoms with E-state index in [0.29, 0.717) is 25.5 Å². The highest BCUT2D eigenvalue weighted by atomic mass is 19.1. The molecule has 0 spiro atoms. The fraction of sp³-hybridized carbons (Fsp3) is 0.562. The van der Waals surface area contributed by atoms with Crippen molar-refractivity contribution in [2.45, 2.75) is 31.7 Å². The summed E-state index contributed by atoms with van der Waals surface area (Å²) in [4.78, 5) is 14.1. The summed E-state index contributed by atoms with van der Waals surface area (Å²) >= 11 is 0. The van der Waals surface area contributed by atoms with Crippen molar-refractivity contribution in [3.05, 3.63) is 30.1 Å². The number of hydrogen-bond donors (Lipinski definition) is 1. The Morgan fingerprint density at radius 3 is 3.05 bits per heavy atom. The fourth-order valence-electron chi connectivity index (χ4n) is 2.72. The first-order valence-corrected chi connectivity index (χ1v) is 7.53. The lowest BCUT2D eigenvalue weighted by molar-refractivity contribution is -0.132. The molecule has 0 saturated carbocycles. The predicted molar refractivity (Wildman–Crippen MR) is 79.8 cm³/mol. The van der Waals surface area contributed by atoms with Crippen molar-refractivity contribution in [3.63, 3.8) is 0 Å². The van der Waals surface area contributed by atoms with Gasteiger partial charge in [-0.1, -0.05) is 12.1 Å². The molecule has 0 bridgehead atoms. The third-order valence-electron chi connectivity index (χ3n) is 3.77. The van der Waals surface area contributed by atoms with Gasteiger partial charge in [0.2, 0.25) is 5.91 Å². The number of likely N-dealkylation sites (N-methyl/N-ethyl adjacent to an activating group) is 1. The molecule has 21 heavy (non-hydrogen) atoms. The Balaban J connectivity index is 1.71. The number of likely N-dealkylation sites (tertiary alicyclic amines) is 1. The number of hydrogen-bond acceptors (Lipinski definition) is 3. The summed E-state index contributed by atoms with van der Waals surface area (Å²) in [5.41, 5.74) is 0. The molecule has 1 atom stereocenters. The molecule has 1 fully saturated rings. The third kappa shape index (κ3) is 4.43. The lowest BCUT2D eigenvalue weighted by atomic mass is 10.2. The SMILES string of the molecule is CNC[C@@H]1CCCN1C(=O)CCCOc1ccccc1F. The molecular formula is C16H23FN2O2. The summed E-state index contributed by atoms with van der Waals surface area (Å²) in [7, 11) is 1.91. The number of carbonyl (C=O) groups excluding carboxylic acids is 1. The van der Waals surface area contributed by atoms with Gasteiger partial charge in [0, 0.05) is 25.6 Å². The topological polar surface area (TPSA) is 41.6 Å². The molecule has 1 amide bonds. The lowest BCUT2D eigenvalue weighted by Crippen LogP contribution is -2.40. The average Bonchev–Trinajstić information content (AvgIpc) is 2.94. The molecule has 2 rings (SSSR count). The molecule has 1 N–H and O–H groups in total. The molecule has 0 radical (unpaired) electrons. The first-order chi connectivity index (χ1) is 10.2. The van der Waals surface area contributed by atoms with Crippen LogP contribution in [0.4, 0.5) is 4.39 Å². The van der Waals surface area contributed by atoms with Crippen molar-refractivity contribution in [1.29, 1.82) is 0 Å². The maximum absolute atomic E-state index is 13.4. The largest absolute Gasteiger partial charge is 0.491 e. The molecule has 0 unspecified atom stereocenters. The minimum atomic E-state index is -0.363. The van der Waals surface area contributed by atoms with Gasteiger partial charge in [-0.25, -0.2) is 4.39 Å². The molecule has 1 heterocycles. The molecule has 1 saturated heterocycles. The lowest BCUT2D eigenvalue weighted by Gasteiger charge is -2.24. The van der Waals surface area contributed by atoms with Crippen LogP contribution in [0.2, 0.25) is 0 Å². The van der Waals surface area contributed by atoms with Crippen LogP contribution in [0.3, 0.4) is 0 Å². The fourth-order valence-corrected chi connectivity index (χ4v) is 2.72. The molecular weight excluding hydrogens is 271 g/mol. The number of halogens is 1. The highest BCUT2D eigenvalue weighted by molar-refractivity contribution is 5.76. The number of carbonyl (C=O) groups is 1. The molecule has 116 valence electrons. The number of rotatable bonds is 7. The summed E-state index contributed by atoms with van der Waals surface area (Å²) in [6, 6.07) is 6.64. The number of benzene rings is 1. The predicted octanol–water partition coefficient (Wildman–Crippen LogP) is 2.20. The van der Waals surface area contributed by atoms with Gasteiger partial charge >= 0.3 is 0 Å². The molecule has 1 aromatic carbocycles. The maximum Gasteiger partial charge on any atom is 0.222 e. The highest BCUT2D eigenvalue weighted by Crippen LogP contribution is 2.19. The van der Waals surface area contributed by atoms with Gasteiger partial charge in [-0.3, -0.25) is 4.79 Å². The zero-order valence-corrected chi connectivity index (χ0v) is 12.5. The molecule has 4 nitrogen and oxygen atoms in total. The molecule has 1 aliphatic rings. The van der Waals surface area contributed by atoms with Crippen LogP contribution in [0.15, 0.2) is 24.3 Å². The highest BCUT2D eigenvalue weighted by Gasteiger charge is 2.27. The van der Waals surface area contributed by atoms with Gasteiger partial charge in [0.25, 0.3) is 0 Å². The molecule has 1 aromatic rings. The number of para-hydroxylation sites is 1. The molecule has 0 aliphatic carbocycles. The van der Waals surface area contributed by atoms with E-state index in [9.17, 15) is 9.18 Å². The van der Waals surface area contributed by atoms with E-state index in [1.54, 1.807) is 18.2 Å². The van der Waals surface area contributed by atoms with Crippen LogP contribution >= 0.6 is 0 Å². The zero-order valence-electron chi connectivity index (χ0n) is 12.5. The summed E-state index contributed by atoms with van der Waals surface area (Å²) in [6.45, 7) is 2.05. The summed E-state index contributed by atoms with van der Waals surface area (Å²) in [6.07, 6.45) is 3.20. The van der Waals surface area contributed by atoms with Crippen LogP contribution in [-0.4, -0.2) is 43.6 Å². The standard InChI is InChI=1S/C16H23FN2O2/c1-18-12-13-6-4-10-19(13)16(20)9-5-11-21-15-8-3-2-7-14(15)17/h2-3,7-8,13,18H,4-6,9-12H2,1H3/t13-/m0/s1. The van der Waals surface area contributed by atoms with Crippen molar-refractivity contribution >= 4 is 5.91 Å². The van der Waals surface area contributed by atoms with Gasteiger partial charge in [0.05, 0.1) is 6.61 Å². The van der Waals surface area contributed by atoms with E-state index < -0.39 is 0 Å². The van der Waals surface area contributed by atoms with Gasteiger partial charge in [-0.2, -0.15) is 0 Å². The van der Waals surface area contributed by atoms with E-state index in [1.807, 2.05) is 11.9 Å². The van der Waals surface area contributed by atoms with E-state index in [-0.39, 0.29) is 17.5 Å². The van der Waals surface area contributed by atoms with E-state index in [4.69, 9.17) is 4.74 Å². The average molecular weight is 294 g/mol. The van der Waals surface area contributed by atoms with Gasteiger partial charge in [0.15, 0.2) is 11.6 Å². The van der Waals surface area contributed by atoms with Crippen molar-refractivity contribution in [2.24, 2.45) is 0 Å². The second-order valence-corrected chi connectivity index (χ2v) is 5.32. The molecule has 1 aliphatic heterocycles. The zero-order chi connectivity index (χ0) is 15.1. The molecule has 0 aromatic heterocycles. The van der Waals surface area contributed by atoms with Crippen molar-refractivity contribution in [2.75, 3.05) is 26.7 Å². The van der Waals surface area contributed by atoms with E-state index >= 15 is 0 Å². The second-order valence-electron chi connectivity index (χ2n) is 5.32. The van der Waals surface area contributed by atoms with Crippen molar-refractivity contribution in [3.8, 4) is 5.75 Å². The molecule has 5 heteroatoms. The number of nitrogens with one attached hydrogen (secondary N) is 1. The Morgan fingerprint density at radius 1 is 1.48 bits per heavy atom. The Hall–Kier alpha value is -1.62. The minimum absolute atomic E-state index is 0.171. The Morgan fingerprint density at radius 2 is 2.29 bits per heavy atom. The first kappa shape index (κ1) is 15.8. The summed E-state index contributed by atoms with van der Waals surface area (Å²) in [5.74, 6) is 0.0570. The van der Waals surface area contributed by atoms with Gasteiger partial charge in [-0.15, -0.1) is 0 Å². The van der Waals surface area contributed by atoms with Crippen LogP contribution in [0.25, 0.3) is 0 Å². The van der Waals surface area contributed by atoms with Gasteiger partial charge in [-0.05, 0) is 38.4 Å². The Bertz CT molecular complexity index is 467. The van der Waals surface area contributed by atoms with Crippen LogP contribution < -0.4 is 10.1 Å². The normalized spacial score (nSPS) is 18.0. The number of nitrogens with zero attached hydrogens (tertiary/aromatic N) is 1. The Labute approximate surface area is 125 Å². The number of ether oxygens (including phenoxy) is 1. The van der Waals surface area contributed by atoms with Crippen molar-refractivity contribution < 1.29 is 13.9 Å². The van der Waals surface area contributed by atoms with Crippen LogP contribution in [0, 0.1) is 5.82 Å². The third-order valence-corrected chi connectivity index (χ3v) is 3.77. The maximum atomic E-state index is 13.4. The van der Waals surface area contributed by atoms with Crippen LogP contribution in [0.1, 0.15) is 25.7 Å². The van der Waals surface area contributed by atoms with Gasteiger partial charge in [0.1, 0.15) is 0 Å². The van der Waals surface area contributed by atoms with Crippen molar-refractivity contribution in [1.82, 2.24) is 10.2 Å². The van der Waals surface area contributed by atoms with Gasteiger partial charge < -0.3 is 15.0 Å². The first-order valence-electron chi connectivity index (χ1n) is 7.53. The van der Waals surface area contributed by atoms with E-state index in [2.05, 4.69) is 5.32 Å². The minimum Gasteiger partial charge on any atom is -0.491 e. The second kappa shape index (κ2) is 7.98. The summed E-state index contributed by atoms with van der Waals surface area (Å²) < 4.78 is 18.7.